The molecule has 0 amide bonds. The zero-order chi connectivity index (χ0) is 37.6. The normalized spacial score (nSPS) is 48.8. The molecule has 0 aromatic rings. The van der Waals surface area contributed by atoms with E-state index >= 15 is 0 Å². The lowest BCUT2D eigenvalue weighted by Gasteiger charge is -2.72. The smallest absolute Gasteiger partial charge is 0.335 e. The topological polar surface area (TPSA) is 183 Å². The molecule has 15 atom stereocenters. The van der Waals surface area contributed by atoms with Crippen LogP contribution in [0, 0.1) is 56.7 Å². The second kappa shape index (κ2) is 13.0. The molecular formula is C39H61NO11. The SMILES string of the molecule is C=C(C)[C@@H]1CC[C@]2(C(=O)O)CC[C@]3(C)C(CCC4[C@@]5(C)CC[C@H](OC(=O)CN(OC)C6O[C@H](C(=O)O)[C@H](O)[C@H](O)[C@H]6O)C(C)(C)C5CC[C@]43C)C12. The molecule has 0 aromatic carbocycles. The fourth-order valence-corrected chi connectivity index (χ4v) is 13.6. The Morgan fingerprint density at radius 1 is 0.824 bits per heavy atom. The van der Waals surface area contributed by atoms with Crippen molar-refractivity contribution in [1.82, 2.24) is 5.06 Å². The molecule has 0 spiro atoms. The van der Waals surface area contributed by atoms with E-state index in [1.54, 1.807) is 0 Å². The van der Waals surface area contributed by atoms with Crippen molar-refractivity contribution < 1.29 is 54.2 Å². The fourth-order valence-electron chi connectivity index (χ4n) is 13.6. The molecule has 0 bridgehead atoms. The summed E-state index contributed by atoms with van der Waals surface area (Å²) in [6.45, 7) is 17.8. The average molecular weight is 720 g/mol. The summed E-state index contributed by atoms with van der Waals surface area (Å²) in [6.07, 6.45) is -0.214. The Morgan fingerprint density at radius 2 is 1.51 bits per heavy atom. The molecule has 5 unspecified atom stereocenters. The predicted molar refractivity (Wildman–Crippen MR) is 185 cm³/mol. The van der Waals surface area contributed by atoms with E-state index in [2.05, 4.69) is 48.1 Å². The number of hydrogen-bond acceptors (Lipinski definition) is 10. The summed E-state index contributed by atoms with van der Waals surface area (Å²) in [7, 11) is 1.24. The van der Waals surface area contributed by atoms with E-state index in [0.29, 0.717) is 18.3 Å². The summed E-state index contributed by atoms with van der Waals surface area (Å²) in [5.74, 6) is -1.35. The summed E-state index contributed by atoms with van der Waals surface area (Å²) in [4.78, 5) is 43.4. The highest BCUT2D eigenvalue weighted by molar-refractivity contribution is 5.76. The third kappa shape index (κ3) is 5.55. The first kappa shape index (κ1) is 38.6. The van der Waals surface area contributed by atoms with Gasteiger partial charge in [0.1, 0.15) is 31.0 Å². The number of rotatable bonds is 8. The maximum Gasteiger partial charge on any atom is 0.335 e. The molecule has 12 nitrogen and oxygen atoms in total. The minimum Gasteiger partial charge on any atom is -0.481 e. The van der Waals surface area contributed by atoms with Crippen molar-refractivity contribution in [2.45, 2.75) is 142 Å². The Labute approximate surface area is 301 Å². The van der Waals surface area contributed by atoms with E-state index in [1.807, 2.05) is 0 Å². The van der Waals surface area contributed by atoms with Crippen LogP contribution >= 0.6 is 0 Å². The van der Waals surface area contributed by atoms with Crippen molar-refractivity contribution in [3.05, 3.63) is 12.2 Å². The highest BCUT2D eigenvalue weighted by atomic mass is 16.7. The number of carboxylic acid groups (broad SMARTS) is 2. The van der Waals surface area contributed by atoms with Gasteiger partial charge in [0.2, 0.25) is 0 Å². The van der Waals surface area contributed by atoms with Gasteiger partial charge in [-0.2, -0.15) is 0 Å². The first-order chi connectivity index (χ1) is 23.7. The van der Waals surface area contributed by atoms with Gasteiger partial charge in [0.05, 0.1) is 12.5 Å². The predicted octanol–water partition coefficient (Wildman–Crippen LogP) is 4.40. The second-order valence-electron chi connectivity index (χ2n) is 18.5. The number of fused-ring (bicyclic) bond motifs is 7. The standard InChI is InChI=1S/C39H61NO11/c1-20(2)21-11-16-39(34(47)48)18-17-37(6)22(27(21)39)9-10-24-36(5)14-13-25(35(3,4)23(36)12-15-38(24,37)7)50-26(41)19-40(49-8)32-30(44)28(42)29(43)31(51-32)33(45)46/h21-25,27-32,42-44H,1,9-19H2,2-8H3,(H,45,46)(H,47,48)/t21-,22?,23?,24?,25-,27?,28-,29+,30+,31-,32?,36-,37+,38+,39-/m0/s1. The molecule has 1 saturated heterocycles. The Hall–Kier alpha value is -2.09. The number of nitrogens with zero attached hydrogens (tertiary/aromatic N) is 1. The molecule has 6 aliphatic rings. The van der Waals surface area contributed by atoms with Crippen LogP contribution in [0.3, 0.4) is 0 Å². The number of hydroxylamine groups is 2. The van der Waals surface area contributed by atoms with Crippen molar-refractivity contribution in [3.63, 3.8) is 0 Å². The third-order valence-electron chi connectivity index (χ3n) is 16.3. The monoisotopic (exact) mass is 719 g/mol. The number of aliphatic hydroxyl groups excluding tert-OH is 3. The number of ether oxygens (including phenoxy) is 2. The fraction of sp³-hybridized carbons (Fsp3) is 0.872. The van der Waals surface area contributed by atoms with E-state index in [0.717, 1.165) is 68.4 Å². The van der Waals surface area contributed by atoms with Gasteiger partial charge in [-0.3, -0.25) is 14.4 Å². The van der Waals surface area contributed by atoms with Gasteiger partial charge in [0.25, 0.3) is 0 Å². The number of carbonyl (C=O) groups is 3. The van der Waals surface area contributed by atoms with Crippen molar-refractivity contribution in [2.24, 2.45) is 56.7 Å². The van der Waals surface area contributed by atoms with Crippen molar-refractivity contribution in [1.29, 1.82) is 0 Å². The van der Waals surface area contributed by atoms with E-state index in [-0.39, 0.29) is 39.4 Å². The summed E-state index contributed by atoms with van der Waals surface area (Å²) in [5, 5.41) is 52.0. The lowest BCUT2D eigenvalue weighted by Crippen LogP contribution is -2.67. The summed E-state index contributed by atoms with van der Waals surface area (Å²) < 4.78 is 11.5. The average Bonchev–Trinajstić information content (AvgIpc) is 3.46. The molecule has 51 heavy (non-hydrogen) atoms. The lowest BCUT2D eigenvalue weighted by atomic mass is 9.32. The van der Waals surface area contributed by atoms with Gasteiger partial charge < -0.3 is 35.0 Å². The molecule has 5 aliphatic carbocycles. The van der Waals surface area contributed by atoms with Gasteiger partial charge in [0, 0.05) is 5.41 Å². The highest BCUT2D eigenvalue weighted by Gasteiger charge is 2.72. The molecule has 1 aliphatic heterocycles. The highest BCUT2D eigenvalue weighted by Crippen LogP contribution is 2.77. The molecule has 6 fully saturated rings. The summed E-state index contributed by atoms with van der Waals surface area (Å²) >= 11 is 0. The molecule has 6 rings (SSSR count). The molecule has 1 heterocycles. The van der Waals surface area contributed by atoms with Crippen LogP contribution in [-0.4, -0.2) is 98.9 Å². The maximum absolute atomic E-state index is 13.5. The number of carbonyl (C=O) groups excluding carboxylic acids is 1. The third-order valence-corrected chi connectivity index (χ3v) is 16.3. The number of carboxylic acids is 2. The molecule has 5 N–H and O–H groups in total. The Kier molecular flexibility index (Phi) is 9.88. The van der Waals surface area contributed by atoms with Gasteiger partial charge in [-0.25, -0.2) is 4.79 Å². The molecular weight excluding hydrogens is 658 g/mol. The van der Waals surface area contributed by atoms with Crippen molar-refractivity contribution in [3.8, 4) is 0 Å². The Bertz CT molecular complexity index is 1420. The minimum absolute atomic E-state index is 0.000414. The van der Waals surface area contributed by atoms with Crippen LogP contribution in [0.1, 0.15) is 106 Å². The van der Waals surface area contributed by atoms with Crippen molar-refractivity contribution >= 4 is 17.9 Å². The van der Waals surface area contributed by atoms with Crippen LogP contribution < -0.4 is 0 Å². The van der Waals surface area contributed by atoms with E-state index in [4.69, 9.17) is 14.3 Å². The van der Waals surface area contributed by atoms with Gasteiger partial charge in [-0.1, -0.05) is 46.8 Å². The van der Waals surface area contributed by atoms with Gasteiger partial charge in [0.15, 0.2) is 12.3 Å². The van der Waals surface area contributed by atoms with E-state index in [1.165, 1.54) is 7.11 Å². The Morgan fingerprint density at radius 3 is 2.12 bits per heavy atom. The van der Waals surface area contributed by atoms with Crippen LogP contribution in [0.2, 0.25) is 0 Å². The van der Waals surface area contributed by atoms with E-state index < -0.39 is 66.6 Å². The lowest BCUT2D eigenvalue weighted by molar-refractivity contribution is -0.321. The van der Waals surface area contributed by atoms with Gasteiger partial charge in [-0.05, 0) is 117 Å². The second-order valence-corrected chi connectivity index (χ2v) is 18.5. The van der Waals surface area contributed by atoms with Crippen LogP contribution in [0.15, 0.2) is 12.2 Å². The molecule has 12 heteroatoms. The molecule has 5 saturated carbocycles. The quantitative estimate of drug-likeness (QED) is 0.136. The molecule has 288 valence electrons. The first-order valence-corrected chi connectivity index (χ1v) is 19.0. The maximum atomic E-state index is 13.5. The number of esters is 1. The van der Waals surface area contributed by atoms with E-state index in [9.17, 15) is 39.9 Å². The summed E-state index contributed by atoms with van der Waals surface area (Å²) in [5.41, 5.74) is 0.162. The van der Waals surface area contributed by atoms with Crippen LogP contribution in [0.25, 0.3) is 0 Å². The summed E-state index contributed by atoms with van der Waals surface area (Å²) in [6, 6.07) is 0. The van der Waals surface area contributed by atoms with Crippen LogP contribution in [-0.2, 0) is 28.7 Å². The zero-order valence-electron chi connectivity index (χ0n) is 31.5. The first-order valence-electron chi connectivity index (χ1n) is 19.0. The number of aliphatic hydroxyl groups is 3. The van der Waals surface area contributed by atoms with Gasteiger partial charge in [-0.15, -0.1) is 5.06 Å². The van der Waals surface area contributed by atoms with Gasteiger partial charge >= 0.3 is 17.9 Å². The largest absolute Gasteiger partial charge is 0.481 e. The molecule has 0 radical (unpaired) electrons. The number of hydrogen-bond donors (Lipinski definition) is 5. The van der Waals surface area contributed by atoms with Crippen LogP contribution in [0.4, 0.5) is 0 Å². The number of allylic oxidation sites excluding steroid dienone is 1. The van der Waals surface area contributed by atoms with Crippen LogP contribution in [0.5, 0.6) is 0 Å². The number of aliphatic carboxylic acids is 2. The Balaban J connectivity index is 1.19. The van der Waals surface area contributed by atoms with Crippen molar-refractivity contribution in [2.75, 3.05) is 13.7 Å². The zero-order valence-corrected chi connectivity index (χ0v) is 31.5. The minimum atomic E-state index is -1.86. The molecule has 0 aromatic heterocycles.